The number of methoxy groups -OCH3 is 1. The predicted molar refractivity (Wildman–Crippen MR) is 130 cm³/mol. The summed E-state index contributed by atoms with van der Waals surface area (Å²) in [6.07, 6.45) is 2.90. The number of para-hydroxylation sites is 1. The number of esters is 1. The monoisotopic (exact) mass is 477 g/mol. The fraction of sp³-hybridized carbons (Fsp3) is 0.385. The van der Waals surface area contributed by atoms with Gasteiger partial charge >= 0.3 is 5.97 Å². The Kier molecular flexibility index (Phi) is 8.10. The Morgan fingerprint density at radius 3 is 2.66 bits per heavy atom. The van der Waals surface area contributed by atoms with Crippen LogP contribution in [-0.4, -0.2) is 64.6 Å². The van der Waals surface area contributed by atoms with Crippen molar-refractivity contribution in [3.63, 3.8) is 0 Å². The second-order valence-electron chi connectivity index (χ2n) is 8.48. The molecular weight excluding hydrogens is 446 g/mol. The lowest BCUT2D eigenvalue weighted by Crippen LogP contribution is -2.43. The van der Waals surface area contributed by atoms with Crippen LogP contribution in [0.15, 0.2) is 60.8 Å². The van der Waals surface area contributed by atoms with E-state index in [9.17, 15) is 9.59 Å². The van der Waals surface area contributed by atoms with Crippen LogP contribution in [0.5, 0.6) is 5.75 Å². The van der Waals surface area contributed by atoms with Crippen LogP contribution in [0.1, 0.15) is 41.0 Å². The molecule has 0 spiro atoms. The molecule has 0 unspecified atom stereocenters. The molecule has 3 aromatic rings. The summed E-state index contributed by atoms with van der Waals surface area (Å²) in [6.45, 7) is 4.22. The van der Waals surface area contributed by atoms with E-state index in [2.05, 4.69) is 32.7 Å². The summed E-state index contributed by atoms with van der Waals surface area (Å²) in [5.74, 6) is 0.257. The van der Waals surface area contributed by atoms with Crippen molar-refractivity contribution in [1.29, 1.82) is 0 Å². The first-order valence-corrected chi connectivity index (χ1v) is 11.9. The number of nitrogens with one attached hydrogen (secondary N) is 1. The molecule has 9 heteroatoms. The number of amides is 1. The van der Waals surface area contributed by atoms with Crippen molar-refractivity contribution in [2.75, 3.05) is 26.8 Å². The van der Waals surface area contributed by atoms with Gasteiger partial charge in [-0.1, -0.05) is 53.7 Å². The Hall–Kier alpha value is -3.72. The maximum absolute atomic E-state index is 13.3. The van der Waals surface area contributed by atoms with Crippen molar-refractivity contribution in [1.82, 2.24) is 25.2 Å². The first-order valence-electron chi connectivity index (χ1n) is 11.9. The number of aromatic nitrogens is 3. The molecule has 1 aliphatic heterocycles. The van der Waals surface area contributed by atoms with Gasteiger partial charge in [0.1, 0.15) is 5.75 Å². The highest BCUT2D eigenvalue weighted by Crippen LogP contribution is 2.31. The van der Waals surface area contributed by atoms with Gasteiger partial charge in [-0.3, -0.25) is 9.69 Å². The standard InChI is InChI=1S/C26H31N5O4/c1-3-35-24-12-8-7-11-20(24)16-30-17-21(31-18-22(28-29-31)26(33)34-2)15-23(30)25(32)27-14-13-19-9-5-4-6-10-19/h4-12,18,21,23H,3,13-17H2,1-2H3,(H,27,32)/t21-,23+/m1/s1. The van der Waals surface area contributed by atoms with E-state index in [4.69, 9.17) is 9.47 Å². The molecule has 9 nitrogen and oxygen atoms in total. The fourth-order valence-corrected chi connectivity index (χ4v) is 4.41. The van der Waals surface area contributed by atoms with E-state index < -0.39 is 5.97 Å². The summed E-state index contributed by atoms with van der Waals surface area (Å²) in [5, 5.41) is 11.2. The van der Waals surface area contributed by atoms with Crippen LogP contribution in [0.4, 0.5) is 0 Å². The summed E-state index contributed by atoms with van der Waals surface area (Å²) >= 11 is 0. The van der Waals surface area contributed by atoms with Crippen molar-refractivity contribution in [2.24, 2.45) is 0 Å². The number of hydrogen-bond donors (Lipinski definition) is 1. The number of carbonyl (C=O) groups excluding carboxylic acids is 2. The average Bonchev–Trinajstić information content (AvgIpc) is 3.53. The third kappa shape index (κ3) is 6.05. The molecule has 2 aromatic carbocycles. The second-order valence-corrected chi connectivity index (χ2v) is 8.48. The van der Waals surface area contributed by atoms with Crippen LogP contribution in [0.2, 0.25) is 0 Å². The zero-order valence-corrected chi connectivity index (χ0v) is 20.1. The van der Waals surface area contributed by atoms with Gasteiger partial charge in [-0.2, -0.15) is 0 Å². The fourth-order valence-electron chi connectivity index (χ4n) is 4.41. The molecule has 4 rings (SSSR count). The molecule has 1 saturated heterocycles. The third-order valence-corrected chi connectivity index (χ3v) is 6.16. The lowest BCUT2D eigenvalue weighted by molar-refractivity contribution is -0.125. The largest absolute Gasteiger partial charge is 0.494 e. The van der Waals surface area contributed by atoms with E-state index in [1.165, 1.54) is 12.7 Å². The molecule has 1 N–H and O–H groups in total. The first-order chi connectivity index (χ1) is 17.1. The van der Waals surface area contributed by atoms with Gasteiger partial charge in [-0.15, -0.1) is 5.10 Å². The summed E-state index contributed by atoms with van der Waals surface area (Å²) in [4.78, 5) is 27.2. The normalized spacial score (nSPS) is 17.8. The van der Waals surface area contributed by atoms with Crippen LogP contribution >= 0.6 is 0 Å². The number of hydrogen-bond acceptors (Lipinski definition) is 7. The Bertz CT molecular complexity index is 1130. The van der Waals surface area contributed by atoms with Crippen molar-refractivity contribution in [3.05, 3.63) is 77.6 Å². The highest BCUT2D eigenvalue weighted by molar-refractivity contribution is 5.86. The smallest absolute Gasteiger partial charge is 0.360 e. The van der Waals surface area contributed by atoms with Gasteiger partial charge in [-0.05, 0) is 31.4 Å². The summed E-state index contributed by atoms with van der Waals surface area (Å²) in [5.41, 5.74) is 2.35. The van der Waals surface area contributed by atoms with E-state index in [0.717, 1.165) is 17.7 Å². The Balaban J connectivity index is 1.49. The van der Waals surface area contributed by atoms with Crippen molar-refractivity contribution in [2.45, 2.75) is 38.4 Å². The van der Waals surface area contributed by atoms with Crippen LogP contribution in [-0.2, 0) is 22.5 Å². The third-order valence-electron chi connectivity index (χ3n) is 6.16. The van der Waals surface area contributed by atoms with Gasteiger partial charge in [0.15, 0.2) is 5.69 Å². The SMILES string of the molecule is CCOc1ccccc1CN1C[C@H](n2cc(C(=O)OC)nn2)C[C@H]1C(=O)NCCc1ccccc1. The predicted octanol–water partition coefficient (Wildman–Crippen LogP) is 2.64. The van der Waals surface area contributed by atoms with Crippen LogP contribution < -0.4 is 10.1 Å². The Morgan fingerprint density at radius 1 is 1.11 bits per heavy atom. The summed E-state index contributed by atoms with van der Waals surface area (Å²) in [7, 11) is 1.31. The van der Waals surface area contributed by atoms with Gasteiger partial charge in [-0.25, -0.2) is 9.48 Å². The molecule has 0 radical (unpaired) electrons. The quantitative estimate of drug-likeness (QED) is 0.448. The van der Waals surface area contributed by atoms with Gasteiger partial charge in [0.05, 0.1) is 32.0 Å². The molecule has 1 aliphatic rings. The number of rotatable bonds is 10. The lowest BCUT2D eigenvalue weighted by Gasteiger charge is -2.24. The first kappa shape index (κ1) is 24.4. The Morgan fingerprint density at radius 2 is 1.89 bits per heavy atom. The molecule has 35 heavy (non-hydrogen) atoms. The molecule has 0 saturated carbocycles. The molecule has 2 heterocycles. The van der Waals surface area contributed by atoms with Crippen LogP contribution in [0.3, 0.4) is 0 Å². The van der Waals surface area contributed by atoms with Gasteiger partial charge in [0.2, 0.25) is 5.91 Å². The summed E-state index contributed by atoms with van der Waals surface area (Å²) in [6, 6.07) is 17.5. The number of benzene rings is 2. The average molecular weight is 478 g/mol. The topological polar surface area (TPSA) is 98.6 Å². The molecular formula is C26H31N5O4. The highest BCUT2D eigenvalue weighted by Gasteiger charge is 2.38. The van der Waals surface area contributed by atoms with Crippen molar-refractivity contribution >= 4 is 11.9 Å². The minimum Gasteiger partial charge on any atom is -0.494 e. The number of ether oxygens (including phenoxy) is 2. The molecule has 1 aromatic heterocycles. The van der Waals surface area contributed by atoms with E-state index in [1.807, 2.05) is 49.4 Å². The molecule has 184 valence electrons. The Labute approximate surface area is 205 Å². The van der Waals surface area contributed by atoms with Crippen LogP contribution in [0, 0.1) is 0 Å². The molecule has 2 atom stereocenters. The van der Waals surface area contributed by atoms with E-state index in [-0.39, 0.29) is 23.7 Å². The minimum absolute atomic E-state index is 0.0226. The number of likely N-dealkylation sites (tertiary alicyclic amines) is 1. The maximum atomic E-state index is 13.3. The number of nitrogens with zero attached hydrogens (tertiary/aromatic N) is 4. The van der Waals surface area contributed by atoms with Crippen LogP contribution in [0.25, 0.3) is 0 Å². The lowest BCUT2D eigenvalue weighted by atomic mass is 10.1. The molecule has 0 bridgehead atoms. The molecule has 0 aliphatic carbocycles. The second kappa shape index (κ2) is 11.6. The van der Waals surface area contributed by atoms with E-state index in [0.29, 0.717) is 32.7 Å². The number of carbonyl (C=O) groups is 2. The van der Waals surface area contributed by atoms with Gasteiger partial charge in [0, 0.05) is 25.2 Å². The zero-order chi connectivity index (χ0) is 24.6. The molecule has 1 fully saturated rings. The zero-order valence-electron chi connectivity index (χ0n) is 20.1. The van der Waals surface area contributed by atoms with Gasteiger partial charge in [0.25, 0.3) is 0 Å². The van der Waals surface area contributed by atoms with Gasteiger partial charge < -0.3 is 14.8 Å². The molecule has 1 amide bonds. The van der Waals surface area contributed by atoms with Crippen molar-refractivity contribution in [3.8, 4) is 5.75 Å². The van der Waals surface area contributed by atoms with E-state index in [1.54, 1.807) is 10.9 Å². The summed E-state index contributed by atoms with van der Waals surface area (Å²) < 4.78 is 12.2. The maximum Gasteiger partial charge on any atom is 0.360 e. The van der Waals surface area contributed by atoms with Crippen molar-refractivity contribution < 1.29 is 19.1 Å². The highest BCUT2D eigenvalue weighted by atomic mass is 16.5. The minimum atomic E-state index is -0.535. The van der Waals surface area contributed by atoms with E-state index >= 15 is 0 Å².